The Morgan fingerprint density at radius 2 is 2.00 bits per heavy atom. The van der Waals surface area contributed by atoms with E-state index in [1.54, 1.807) is 6.07 Å². The molecule has 1 saturated heterocycles. The summed E-state index contributed by atoms with van der Waals surface area (Å²) in [6.07, 6.45) is 1.49. The molecule has 3 aliphatic heterocycles. The predicted octanol–water partition coefficient (Wildman–Crippen LogP) is 1.62. The maximum atomic E-state index is 12.4. The van der Waals surface area contributed by atoms with Gasteiger partial charge in [0.15, 0.2) is 11.5 Å². The third-order valence-corrected chi connectivity index (χ3v) is 5.39. The summed E-state index contributed by atoms with van der Waals surface area (Å²) < 4.78 is 16.4. The van der Waals surface area contributed by atoms with Gasteiger partial charge in [0.05, 0.1) is 5.56 Å². The van der Waals surface area contributed by atoms with Gasteiger partial charge in [-0.2, -0.15) is 0 Å². The quantitative estimate of drug-likeness (QED) is 0.531. The Balaban J connectivity index is 0.00000146. The first-order chi connectivity index (χ1) is 11.1. The Labute approximate surface area is 149 Å². The number of likely N-dealkylation sites (N-methyl/N-ethyl adjacent to an activating group) is 1. The number of fused-ring (bicyclic) bond motifs is 6. The number of esters is 1. The van der Waals surface area contributed by atoms with Gasteiger partial charge in [0, 0.05) is 18.5 Å². The molecule has 24 heavy (non-hydrogen) atoms. The summed E-state index contributed by atoms with van der Waals surface area (Å²) in [5.74, 6) is 0.741. The first kappa shape index (κ1) is 15.9. The van der Waals surface area contributed by atoms with Crippen LogP contribution in [0.1, 0.15) is 28.3 Å². The standard InChI is InChI=1S/C17H17NO5.BrH/c1-18-3-2-8-4-11(19)16-14(15(8)18)9-5-12-13(22-7-21-12)6-10(9)17(20)23-16;/h4-6,11,14-16,19H,2-3,7H2,1H3;1H/t11-,14-,15+,16+;/m0./s1. The van der Waals surface area contributed by atoms with Gasteiger partial charge < -0.3 is 19.3 Å². The maximum Gasteiger partial charge on any atom is 0.338 e. The molecule has 0 unspecified atom stereocenters. The molecule has 4 aliphatic rings. The third-order valence-electron chi connectivity index (χ3n) is 5.39. The molecule has 1 aromatic rings. The van der Waals surface area contributed by atoms with E-state index < -0.39 is 18.2 Å². The van der Waals surface area contributed by atoms with Crippen molar-refractivity contribution in [3.05, 3.63) is 34.9 Å². The van der Waals surface area contributed by atoms with Crippen LogP contribution in [0.2, 0.25) is 0 Å². The fourth-order valence-corrected chi connectivity index (χ4v) is 4.36. The second-order valence-corrected chi connectivity index (χ2v) is 6.60. The molecule has 0 aromatic heterocycles. The fraction of sp³-hybridized carbons (Fsp3) is 0.471. The number of benzene rings is 1. The van der Waals surface area contributed by atoms with Gasteiger partial charge in [0.1, 0.15) is 12.2 Å². The molecule has 6 nitrogen and oxygen atoms in total. The lowest BCUT2D eigenvalue weighted by Crippen LogP contribution is -2.50. The van der Waals surface area contributed by atoms with Crippen molar-refractivity contribution in [1.29, 1.82) is 0 Å². The van der Waals surface area contributed by atoms with E-state index in [-0.39, 0.29) is 35.7 Å². The number of carbonyl (C=O) groups excluding carboxylic acids is 1. The zero-order valence-electron chi connectivity index (χ0n) is 13.1. The molecule has 0 saturated carbocycles. The zero-order chi connectivity index (χ0) is 15.7. The summed E-state index contributed by atoms with van der Waals surface area (Å²) >= 11 is 0. The highest BCUT2D eigenvalue weighted by Crippen LogP contribution is 2.48. The first-order valence-corrected chi connectivity index (χ1v) is 7.87. The van der Waals surface area contributed by atoms with Crippen LogP contribution in [0.15, 0.2) is 23.8 Å². The van der Waals surface area contributed by atoms with Gasteiger partial charge in [-0.1, -0.05) is 11.6 Å². The van der Waals surface area contributed by atoms with Crippen LogP contribution >= 0.6 is 17.0 Å². The number of likely N-dealkylation sites (tertiary alicyclic amines) is 1. The van der Waals surface area contributed by atoms with E-state index >= 15 is 0 Å². The van der Waals surface area contributed by atoms with Gasteiger partial charge in [-0.05, 0) is 31.2 Å². The SMILES string of the molecule is Br.CN1CCC2=C[C@H](O)[C@H]3OC(=O)c4cc5c(cc4[C@H]3[C@@H]21)OCO5. The van der Waals surface area contributed by atoms with Gasteiger partial charge in [-0.25, -0.2) is 4.79 Å². The summed E-state index contributed by atoms with van der Waals surface area (Å²) in [6, 6.07) is 3.74. The molecular formula is C17H18BrNO5. The highest BCUT2D eigenvalue weighted by molar-refractivity contribution is 8.93. The number of aliphatic hydroxyl groups is 1. The Morgan fingerprint density at radius 3 is 2.79 bits per heavy atom. The van der Waals surface area contributed by atoms with Crippen LogP contribution in [0.4, 0.5) is 0 Å². The maximum absolute atomic E-state index is 12.4. The minimum absolute atomic E-state index is 0. The molecule has 3 heterocycles. The second kappa shape index (κ2) is 5.47. The van der Waals surface area contributed by atoms with E-state index in [1.165, 1.54) is 5.57 Å². The van der Waals surface area contributed by atoms with E-state index in [0.717, 1.165) is 18.5 Å². The first-order valence-electron chi connectivity index (χ1n) is 7.87. The summed E-state index contributed by atoms with van der Waals surface area (Å²) in [6.45, 7) is 1.11. The zero-order valence-corrected chi connectivity index (χ0v) is 14.8. The van der Waals surface area contributed by atoms with Crippen molar-refractivity contribution < 1.29 is 24.1 Å². The smallest absolute Gasteiger partial charge is 0.338 e. The highest BCUT2D eigenvalue weighted by atomic mass is 79.9. The summed E-state index contributed by atoms with van der Waals surface area (Å²) in [7, 11) is 2.07. The average molecular weight is 396 g/mol. The highest BCUT2D eigenvalue weighted by Gasteiger charge is 2.50. The van der Waals surface area contributed by atoms with Crippen LogP contribution in [0.3, 0.4) is 0 Å². The monoisotopic (exact) mass is 395 g/mol. The molecule has 1 aliphatic carbocycles. The number of halogens is 1. The molecule has 5 rings (SSSR count). The lowest BCUT2D eigenvalue weighted by Gasteiger charge is -2.43. The molecule has 128 valence electrons. The van der Waals surface area contributed by atoms with E-state index in [9.17, 15) is 9.90 Å². The second-order valence-electron chi connectivity index (χ2n) is 6.60. The summed E-state index contributed by atoms with van der Waals surface area (Å²) in [5, 5.41) is 10.4. The molecule has 1 N–H and O–H groups in total. The molecule has 1 fully saturated rings. The van der Waals surface area contributed by atoms with Crippen LogP contribution in [-0.4, -0.2) is 54.6 Å². The average Bonchev–Trinajstić information content (AvgIpc) is 3.13. The third kappa shape index (κ3) is 2.04. The van der Waals surface area contributed by atoms with Crippen molar-refractivity contribution in [3.63, 3.8) is 0 Å². The molecule has 7 heteroatoms. The number of aliphatic hydroxyl groups excluding tert-OH is 1. The van der Waals surface area contributed by atoms with Gasteiger partial charge in [-0.3, -0.25) is 4.90 Å². The number of hydrogen-bond acceptors (Lipinski definition) is 6. The van der Waals surface area contributed by atoms with Crippen LogP contribution in [0, 0.1) is 0 Å². The van der Waals surface area contributed by atoms with Crippen LogP contribution in [-0.2, 0) is 4.74 Å². The van der Waals surface area contributed by atoms with Gasteiger partial charge in [-0.15, -0.1) is 17.0 Å². The van der Waals surface area contributed by atoms with Gasteiger partial charge in [0.25, 0.3) is 0 Å². The molecule has 0 radical (unpaired) electrons. The van der Waals surface area contributed by atoms with E-state index in [1.807, 2.05) is 12.1 Å². The largest absolute Gasteiger partial charge is 0.455 e. The summed E-state index contributed by atoms with van der Waals surface area (Å²) in [5.41, 5.74) is 2.63. The molecule has 4 atom stereocenters. The topological polar surface area (TPSA) is 68.2 Å². The molecular weight excluding hydrogens is 378 g/mol. The van der Waals surface area contributed by atoms with E-state index in [0.29, 0.717) is 17.1 Å². The van der Waals surface area contributed by atoms with Crippen LogP contribution in [0.25, 0.3) is 0 Å². The van der Waals surface area contributed by atoms with Crippen molar-refractivity contribution in [2.75, 3.05) is 20.4 Å². The minimum atomic E-state index is -0.764. The number of rotatable bonds is 0. The van der Waals surface area contributed by atoms with Gasteiger partial charge >= 0.3 is 5.97 Å². The Hall–Kier alpha value is -1.57. The molecule has 0 spiro atoms. The van der Waals surface area contributed by atoms with Crippen molar-refractivity contribution in [2.45, 2.75) is 30.6 Å². The number of ether oxygens (including phenoxy) is 3. The summed E-state index contributed by atoms with van der Waals surface area (Å²) in [4.78, 5) is 14.7. The van der Waals surface area contributed by atoms with Gasteiger partial charge in [0.2, 0.25) is 6.79 Å². The van der Waals surface area contributed by atoms with Crippen LogP contribution < -0.4 is 9.47 Å². The van der Waals surface area contributed by atoms with E-state index in [4.69, 9.17) is 14.2 Å². The molecule has 0 amide bonds. The molecule has 1 aromatic carbocycles. The van der Waals surface area contributed by atoms with Crippen molar-refractivity contribution in [1.82, 2.24) is 4.90 Å². The molecule has 0 bridgehead atoms. The number of hydrogen-bond donors (Lipinski definition) is 1. The number of carbonyl (C=O) groups is 1. The lowest BCUT2D eigenvalue weighted by atomic mass is 9.74. The Morgan fingerprint density at radius 1 is 1.25 bits per heavy atom. The Kier molecular flexibility index (Phi) is 3.63. The minimum Gasteiger partial charge on any atom is -0.455 e. The van der Waals surface area contributed by atoms with Crippen LogP contribution in [0.5, 0.6) is 11.5 Å². The predicted molar refractivity (Wildman–Crippen MR) is 90.0 cm³/mol. The number of nitrogens with zero attached hydrogens (tertiary/aromatic N) is 1. The van der Waals surface area contributed by atoms with Crippen molar-refractivity contribution >= 4 is 23.0 Å². The van der Waals surface area contributed by atoms with Crippen molar-refractivity contribution in [2.24, 2.45) is 0 Å². The Bertz CT molecular complexity index is 749. The van der Waals surface area contributed by atoms with Crippen molar-refractivity contribution in [3.8, 4) is 11.5 Å². The van der Waals surface area contributed by atoms with E-state index in [2.05, 4.69) is 11.9 Å². The lowest BCUT2D eigenvalue weighted by molar-refractivity contribution is -0.0336. The fourth-order valence-electron chi connectivity index (χ4n) is 4.36. The normalized spacial score (nSPS) is 32.9.